The van der Waals surface area contributed by atoms with Crippen molar-refractivity contribution in [2.24, 2.45) is 0 Å². The molecule has 51 heavy (non-hydrogen) atoms. The average molecular weight is 691 g/mol. The van der Waals surface area contributed by atoms with Gasteiger partial charge < -0.3 is 33.2 Å². The zero-order valence-electron chi connectivity index (χ0n) is 28.2. The van der Waals surface area contributed by atoms with Gasteiger partial charge in [-0.2, -0.15) is 0 Å². The number of rotatable bonds is 14. The lowest BCUT2D eigenvalue weighted by Gasteiger charge is -2.13. The quantitative estimate of drug-likeness (QED) is 0.0490. The molecule has 0 fully saturated rings. The van der Waals surface area contributed by atoms with E-state index in [1.54, 1.807) is 93.6 Å². The molecule has 0 aliphatic carbocycles. The SMILES string of the molecule is C=C(C)C(=O)OCOc1ccc2cc(C(=O)Oc3ccc(OC(=O)c4ccc5cc(OCOC(=O)C(=C)C)ccc5c4)c(OCC)c3)ccc2c1. The van der Waals surface area contributed by atoms with Gasteiger partial charge in [-0.25, -0.2) is 19.2 Å². The van der Waals surface area contributed by atoms with Crippen molar-refractivity contribution in [2.75, 3.05) is 20.2 Å². The van der Waals surface area contributed by atoms with E-state index in [0.29, 0.717) is 22.6 Å². The van der Waals surface area contributed by atoms with Crippen LogP contribution in [0.25, 0.3) is 21.5 Å². The molecular formula is C40H34O11. The van der Waals surface area contributed by atoms with E-state index in [1.165, 1.54) is 18.2 Å². The van der Waals surface area contributed by atoms with Crippen LogP contribution in [-0.4, -0.2) is 44.1 Å². The lowest BCUT2D eigenvalue weighted by molar-refractivity contribution is -0.146. The maximum absolute atomic E-state index is 13.1. The van der Waals surface area contributed by atoms with Crippen LogP contribution in [0.1, 0.15) is 41.5 Å². The molecule has 0 radical (unpaired) electrons. The Bertz CT molecular complexity index is 2170. The molecular weight excluding hydrogens is 656 g/mol. The fourth-order valence-corrected chi connectivity index (χ4v) is 4.66. The maximum Gasteiger partial charge on any atom is 0.343 e. The van der Waals surface area contributed by atoms with E-state index >= 15 is 0 Å². The van der Waals surface area contributed by atoms with E-state index in [1.807, 2.05) is 0 Å². The van der Waals surface area contributed by atoms with Gasteiger partial charge in [-0.15, -0.1) is 0 Å². The van der Waals surface area contributed by atoms with Crippen LogP contribution in [0.15, 0.2) is 115 Å². The fraction of sp³-hybridized carbons (Fsp3) is 0.150. The Hall–Kier alpha value is -6.62. The summed E-state index contributed by atoms with van der Waals surface area (Å²) in [7, 11) is 0. The van der Waals surface area contributed by atoms with Crippen LogP contribution in [-0.2, 0) is 19.1 Å². The molecule has 0 unspecified atom stereocenters. The molecule has 0 bridgehead atoms. The molecule has 0 heterocycles. The molecule has 0 saturated carbocycles. The second-order valence-corrected chi connectivity index (χ2v) is 11.2. The van der Waals surface area contributed by atoms with Crippen LogP contribution in [0, 0.1) is 0 Å². The minimum atomic E-state index is -0.618. The number of hydrogen-bond acceptors (Lipinski definition) is 11. The largest absolute Gasteiger partial charge is 0.490 e. The van der Waals surface area contributed by atoms with Gasteiger partial charge >= 0.3 is 23.9 Å². The van der Waals surface area contributed by atoms with E-state index in [0.717, 1.165) is 21.5 Å². The minimum Gasteiger partial charge on any atom is -0.490 e. The topological polar surface area (TPSA) is 133 Å². The molecule has 11 heteroatoms. The van der Waals surface area contributed by atoms with E-state index < -0.39 is 23.9 Å². The number of carbonyl (C=O) groups is 4. The number of fused-ring (bicyclic) bond motifs is 2. The van der Waals surface area contributed by atoms with Gasteiger partial charge in [0.05, 0.1) is 17.7 Å². The molecule has 5 rings (SSSR count). The Balaban J connectivity index is 1.22. The normalized spacial score (nSPS) is 10.6. The smallest absolute Gasteiger partial charge is 0.343 e. The van der Waals surface area contributed by atoms with Crippen molar-refractivity contribution < 1.29 is 52.3 Å². The monoisotopic (exact) mass is 690 g/mol. The number of esters is 4. The average Bonchev–Trinajstić information content (AvgIpc) is 3.12. The Morgan fingerprint density at radius 2 is 0.961 bits per heavy atom. The van der Waals surface area contributed by atoms with Crippen molar-refractivity contribution in [3.8, 4) is 28.7 Å². The molecule has 0 aliphatic heterocycles. The molecule has 260 valence electrons. The highest BCUT2D eigenvalue weighted by molar-refractivity contribution is 5.98. The Labute approximate surface area is 293 Å². The van der Waals surface area contributed by atoms with Crippen LogP contribution in [0.2, 0.25) is 0 Å². The summed E-state index contributed by atoms with van der Waals surface area (Å²) in [6, 6.07) is 25.0. The second-order valence-electron chi connectivity index (χ2n) is 11.2. The third kappa shape index (κ3) is 9.30. The van der Waals surface area contributed by atoms with Crippen LogP contribution in [0.5, 0.6) is 28.7 Å². The van der Waals surface area contributed by atoms with Gasteiger partial charge in [0, 0.05) is 17.2 Å². The van der Waals surface area contributed by atoms with E-state index in [2.05, 4.69) is 13.2 Å². The van der Waals surface area contributed by atoms with Crippen LogP contribution < -0.4 is 23.7 Å². The molecule has 5 aromatic carbocycles. The van der Waals surface area contributed by atoms with Crippen molar-refractivity contribution in [1.82, 2.24) is 0 Å². The molecule has 5 aromatic rings. The highest BCUT2D eigenvalue weighted by Crippen LogP contribution is 2.33. The van der Waals surface area contributed by atoms with Gasteiger partial charge in [0.15, 0.2) is 11.5 Å². The molecule has 0 spiro atoms. The summed E-state index contributed by atoms with van der Waals surface area (Å²) in [6.45, 7) is 11.7. The number of hydrogen-bond donors (Lipinski definition) is 0. The molecule has 11 nitrogen and oxygen atoms in total. The molecule has 0 aromatic heterocycles. The Kier molecular flexibility index (Phi) is 11.3. The molecule has 0 saturated heterocycles. The van der Waals surface area contributed by atoms with Gasteiger partial charge in [-0.3, -0.25) is 0 Å². The lowest BCUT2D eigenvalue weighted by atomic mass is 10.1. The Morgan fingerprint density at radius 3 is 1.45 bits per heavy atom. The van der Waals surface area contributed by atoms with Crippen molar-refractivity contribution in [3.63, 3.8) is 0 Å². The standard InChI is InChI=1S/C40H34O11/c1-6-45-36-21-34(50-39(43)30-9-7-28-19-32(13-11-26(28)17-30)46-22-48-37(41)24(2)3)15-16-35(36)51-40(44)31-10-8-29-20-33(14-12-27(29)18-31)47-23-49-38(42)25(4)5/h7-21H,2,4,6,22-23H2,1,3,5H3. The summed E-state index contributed by atoms with van der Waals surface area (Å²) < 4.78 is 37.9. The molecule has 0 N–H and O–H groups in total. The van der Waals surface area contributed by atoms with Crippen molar-refractivity contribution in [2.45, 2.75) is 20.8 Å². The molecule has 0 aliphatic rings. The first-order chi connectivity index (χ1) is 24.5. The first kappa shape index (κ1) is 35.7. The first-order valence-electron chi connectivity index (χ1n) is 15.7. The highest BCUT2D eigenvalue weighted by Gasteiger charge is 2.17. The number of benzene rings is 5. The summed E-state index contributed by atoms with van der Waals surface area (Å²) in [5.74, 6) is -0.798. The third-order valence-electron chi connectivity index (χ3n) is 7.25. The van der Waals surface area contributed by atoms with Crippen LogP contribution >= 0.6 is 0 Å². The lowest BCUT2D eigenvalue weighted by Crippen LogP contribution is -2.11. The predicted octanol–water partition coefficient (Wildman–Crippen LogP) is 7.74. The van der Waals surface area contributed by atoms with E-state index in [9.17, 15) is 19.2 Å². The van der Waals surface area contributed by atoms with Gasteiger partial charge in [-0.1, -0.05) is 37.4 Å². The van der Waals surface area contributed by atoms with E-state index in [4.69, 9.17) is 33.2 Å². The van der Waals surface area contributed by atoms with Crippen molar-refractivity contribution in [1.29, 1.82) is 0 Å². The summed E-state index contributed by atoms with van der Waals surface area (Å²) in [6.07, 6.45) is 0. The van der Waals surface area contributed by atoms with Crippen LogP contribution in [0.4, 0.5) is 0 Å². The van der Waals surface area contributed by atoms with Gasteiger partial charge in [0.2, 0.25) is 13.6 Å². The first-order valence-corrected chi connectivity index (χ1v) is 15.7. The predicted molar refractivity (Wildman–Crippen MR) is 188 cm³/mol. The highest BCUT2D eigenvalue weighted by atomic mass is 16.7. The third-order valence-corrected chi connectivity index (χ3v) is 7.25. The second kappa shape index (κ2) is 16.2. The van der Waals surface area contributed by atoms with Gasteiger partial charge in [-0.05, 0) is 103 Å². The van der Waals surface area contributed by atoms with E-state index in [-0.39, 0.29) is 48.6 Å². The number of carbonyl (C=O) groups excluding carboxylic acids is 4. The number of ether oxygens (including phenoxy) is 7. The fourth-order valence-electron chi connectivity index (χ4n) is 4.66. The van der Waals surface area contributed by atoms with Crippen LogP contribution in [0.3, 0.4) is 0 Å². The zero-order valence-corrected chi connectivity index (χ0v) is 28.2. The van der Waals surface area contributed by atoms with Crippen molar-refractivity contribution in [3.05, 3.63) is 126 Å². The zero-order chi connectivity index (χ0) is 36.5. The summed E-state index contributed by atoms with van der Waals surface area (Å²) in [4.78, 5) is 49.3. The van der Waals surface area contributed by atoms with Gasteiger partial charge in [0.1, 0.15) is 17.2 Å². The minimum absolute atomic E-state index is 0.146. The maximum atomic E-state index is 13.1. The van der Waals surface area contributed by atoms with Crippen molar-refractivity contribution >= 4 is 45.4 Å². The summed E-state index contributed by atoms with van der Waals surface area (Å²) >= 11 is 0. The van der Waals surface area contributed by atoms with Gasteiger partial charge in [0.25, 0.3) is 0 Å². The summed E-state index contributed by atoms with van der Waals surface area (Å²) in [5, 5.41) is 3.11. The summed E-state index contributed by atoms with van der Waals surface area (Å²) in [5.41, 5.74) is 1.15. The molecule has 0 atom stereocenters. The Morgan fingerprint density at radius 1 is 0.510 bits per heavy atom. The molecule has 0 amide bonds.